The van der Waals surface area contributed by atoms with Gasteiger partial charge in [-0.2, -0.15) is 0 Å². The number of unbranched alkanes of at least 4 members (excludes halogenated alkanes) is 1. The van der Waals surface area contributed by atoms with E-state index in [4.69, 9.17) is 9.47 Å². The van der Waals surface area contributed by atoms with Crippen LogP contribution in [0.25, 0.3) is 0 Å². The zero-order chi connectivity index (χ0) is 19.1. The van der Waals surface area contributed by atoms with E-state index in [1.165, 1.54) is 6.42 Å². The normalized spacial score (nSPS) is 11.7. The van der Waals surface area contributed by atoms with Gasteiger partial charge in [0.15, 0.2) is 0 Å². The number of hydrogen-bond donors (Lipinski definition) is 0. The Labute approximate surface area is 156 Å². The van der Waals surface area contributed by atoms with E-state index in [1.54, 1.807) is 0 Å². The third kappa shape index (κ3) is 16.6. The van der Waals surface area contributed by atoms with Gasteiger partial charge in [0.25, 0.3) is 0 Å². The second-order valence-electron chi connectivity index (χ2n) is 7.86. The summed E-state index contributed by atoms with van der Waals surface area (Å²) in [4.78, 5) is 16.1. The SMILES string of the molecule is CC(C)CN(C)CCCCOCCOCCCC(=O)N(C)CC(C)C. The summed E-state index contributed by atoms with van der Waals surface area (Å²) in [6, 6.07) is 0. The van der Waals surface area contributed by atoms with Crippen LogP contribution in [0.3, 0.4) is 0 Å². The summed E-state index contributed by atoms with van der Waals surface area (Å²) in [7, 11) is 4.05. The third-order valence-corrected chi connectivity index (χ3v) is 3.87. The molecule has 0 rings (SSSR count). The smallest absolute Gasteiger partial charge is 0.222 e. The third-order valence-electron chi connectivity index (χ3n) is 3.87. The first-order chi connectivity index (χ1) is 11.8. The highest BCUT2D eigenvalue weighted by Gasteiger charge is 2.09. The molecule has 0 aliphatic heterocycles. The average molecular weight is 359 g/mol. The van der Waals surface area contributed by atoms with Gasteiger partial charge in [-0.25, -0.2) is 0 Å². The number of carbonyl (C=O) groups is 1. The summed E-state index contributed by atoms with van der Waals surface area (Å²) in [5.41, 5.74) is 0. The number of ether oxygens (including phenoxy) is 2. The minimum Gasteiger partial charge on any atom is -0.379 e. The fourth-order valence-corrected chi connectivity index (χ4v) is 2.79. The predicted octanol–water partition coefficient (Wildman–Crippen LogP) is 3.28. The number of amides is 1. The quantitative estimate of drug-likeness (QED) is 0.397. The van der Waals surface area contributed by atoms with Crippen molar-refractivity contribution < 1.29 is 14.3 Å². The van der Waals surface area contributed by atoms with E-state index in [9.17, 15) is 4.79 Å². The topological polar surface area (TPSA) is 42.0 Å². The number of carbonyl (C=O) groups excluding carboxylic acids is 1. The van der Waals surface area contributed by atoms with Crippen molar-refractivity contribution in [2.75, 3.05) is 60.2 Å². The molecule has 0 spiro atoms. The van der Waals surface area contributed by atoms with E-state index >= 15 is 0 Å². The van der Waals surface area contributed by atoms with Crippen LogP contribution in [0.4, 0.5) is 0 Å². The second-order valence-corrected chi connectivity index (χ2v) is 7.86. The molecule has 1 amide bonds. The average Bonchev–Trinajstić information content (AvgIpc) is 2.50. The molecule has 0 N–H and O–H groups in total. The fraction of sp³-hybridized carbons (Fsp3) is 0.950. The largest absolute Gasteiger partial charge is 0.379 e. The standard InChI is InChI=1S/C20H42N2O3/c1-18(2)16-21(5)11-7-8-12-24-14-15-25-13-9-10-20(23)22(6)17-19(3)4/h18-19H,7-17H2,1-6H3. The van der Waals surface area contributed by atoms with Crippen molar-refractivity contribution in [3.63, 3.8) is 0 Å². The molecule has 25 heavy (non-hydrogen) atoms. The van der Waals surface area contributed by atoms with Crippen LogP contribution in [0.15, 0.2) is 0 Å². The highest BCUT2D eigenvalue weighted by Crippen LogP contribution is 2.01. The van der Waals surface area contributed by atoms with Crippen LogP contribution >= 0.6 is 0 Å². The molecular formula is C20H42N2O3. The van der Waals surface area contributed by atoms with Gasteiger partial charge in [-0.15, -0.1) is 0 Å². The Balaban J connectivity index is 3.33. The molecule has 0 bridgehead atoms. The molecule has 0 aromatic carbocycles. The first kappa shape index (κ1) is 24.4. The van der Waals surface area contributed by atoms with Crippen LogP contribution in [-0.2, 0) is 14.3 Å². The minimum absolute atomic E-state index is 0.205. The zero-order valence-corrected chi connectivity index (χ0v) is 17.6. The fourth-order valence-electron chi connectivity index (χ4n) is 2.79. The number of hydrogen-bond acceptors (Lipinski definition) is 4. The Bertz CT molecular complexity index is 322. The lowest BCUT2D eigenvalue weighted by Crippen LogP contribution is -2.30. The molecule has 0 unspecified atom stereocenters. The van der Waals surface area contributed by atoms with Gasteiger partial charge in [-0.05, 0) is 44.7 Å². The molecule has 0 aromatic heterocycles. The van der Waals surface area contributed by atoms with Crippen molar-refractivity contribution in [2.45, 2.75) is 53.4 Å². The van der Waals surface area contributed by atoms with E-state index in [2.05, 4.69) is 39.6 Å². The molecular weight excluding hydrogens is 316 g/mol. The van der Waals surface area contributed by atoms with Gasteiger partial charge in [-0.1, -0.05) is 27.7 Å². The molecule has 0 aliphatic rings. The van der Waals surface area contributed by atoms with Gasteiger partial charge in [0.2, 0.25) is 5.91 Å². The van der Waals surface area contributed by atoms with E-state index in [-0.39, 0.29) is 5.91 Å². The van der Waals surface area contributed by atoms with Gasteiger partial charge in [0.1, 0.15) is 0 Å². The van der Waals surface area contributed by atoms with E-state index in [1.807, 2.05) is 11.9 Å². The maximum absolute atomic E-state index is 11.9. The maximum Gasteiger partial charge on any atom is 0.222 e. The Hall–Kier alpha value is -0.650. The first-order valence-corrected chi connectivity index (χ1v) is 9.90. The van der Waals surface area contributed by atoms with Crippen LogP contribution < -0.4 is 0 Å². The van der Waals surface area contributed by atoms with Crippen LogP contribution in [0.5, 0.6) is 0 Å². The Kier molecular flexibility index (Phi) is 15.2. The Morgan fingerprint density at radius 3 is 1.92 bits per heavy atom. The molecule has 5 nitrogen and oxygen atoms in total. The molecule has 0 aromatic rings. The summed E-state index contributed by atoms with van der Waals surface area (Å²) >= 11 is 0. The van der Waals surface area contributed by atoms with Gasteiger partial charge >= 0.3 is 0 Å². The van der Waals surface area contributed by atoms with Crippen LogP contribution in [-0.4, -0.2) is 75.9 Å². The van der Waals surface area contributed by atoms with Crippen LogP contribution in [0.1, 0.15) is 53.4 Å². The molecule has 0 heterocycles. The molecule has 0 saturated heterocycles. The van der Waals surface area contributed by atoms with Crippen molar-refractivity contribution >= 4 is 5.91 Å². The van der Waals surface area contributed by atoms with Gasteiger partial charge in [0.05, 0.1) is 13.2 Å². The summed E-state index contributed by atoms with van der Waals surface area (Å²) < 4.78 is 11.1. The number of nitrogens with zero attached hydrogens (tertiary/aromatic N) is 2. The van der Waals surface area contributed by atoms with Crippen molar-refractivity contribution in [3.8, 4) is 0 Å². The Morgan fingerprint density at radius 1 is 0.800 bits per heavy atom. The van der Waals surface area contributed by atoms with Gasteiger partial charge < -0.3 is 19.3 Å². The monoisotopic (exact) mass is 358 g/mol. The van der Waals surface area contributed by atoms with Crippen molar-refractivity contribution in [3.05, 3.63) is 0 Å². The highest BCUT2D eigenvalue weighted by atomic mass is 16.5. The van der Waals surface area contributed by atoms with Gasteiger partial charge in [0, 0.05) is 39.8 Å². The lowest BCUT2D eigenvalue weighted by atomic mass is 10.2. The van der Waals surface area contributed by atoms with Crippen LogP contribution in [0, 0.1) is 11.8 Å². The van der Waals surface area contributed by atoms with E-state index < -0.39 is 0 Å². The molecule has 0 atom stereocenters. The molecule has 0 saturated carbocycles. The van der Waals surface area contributed by atoms with Crippen LogP contribution in [0.2, 0.25) is 0 Å². The molecule has 5 heteroatoms. The predicted molar refractivity (Wildman–Crippen MR) is 105 cm³/mol. The summed E-state index contributed by atoms with van der Waals surface area (Å²) in [6.07, 6.45) is 3.62. The van der Waals surface area contributed by atoms with E-state index in [0.717, 1.165) is 45.0 Å². The molecule has 0 fully saturated rings. The molecule has 0 aliphatic carbocycles. The van der Waals surface area contributed by atoms with Crippen molar-refractivity contribution in [1.29, 1.82) is 0 Å². The lowest BCUT2D eigenvalue weighted by Gasteiger charge is -2.19. The summed E-state index contributed by atoms with van der Waals surface area (Å²) in [5, 5.41) is 0. The van der Waals surface area contributed by atoms with Gasteiger partial charge in [-0.3, -0.25) is 4.79 Å². The van der Waals surface area contributed by atoms with Crippen molar-refractivity contribution in [1.82, 2.24) is 9.80 Å². The lowest BCUT2D eigenvalue weighted by molar-refractivity contribution is -0.130. The summed E-state index contributed by atoms with van der Waals surface area (Å²) in [5.74, 6) is 1.44. The second kappa shape index (κ2) is 15.6. The minimum atomic E-state index is 0.205. The maximum atomic E-state index is 11.9. The highest BCUT2D eigenvalue weighted by molar-refractivity contribution is 5.75. The summed E-state index contributed by atoms with van der Waals surface area (Å²) in [6.45, 7) is 14.5. The number of rotatable bonds is 16. The van der Waals surface area contributed by atoms with E-state index in [0.29, 0.717) is 32.2 Å². The first-order valence-electron chi connectivity index (χ1n) is 9.90. The molecule has 150 valence electrons. The Morgan fingerprint density at radius 2 is 1.36 bits per heavy atom. The molecule has 0 radical (unpaired) electrons. The van der Waals surface area contributed by atoms with Crippen molar-refractivity contribution in [2.24, 2.45) is 11.8 Å². The zero-order valence-electron chi connectivity index (χ0n) is 17.6.